The Bertz CT molecular complexity index is 716. The molecule has 6 fully saturated rings. The lowest BCUT2D eigenvalue weighted by atomic mass is 10.1. The molecule has 0 saturated carbocycles. The number of hydrogen-bond donors (Lipinski definition) is 2. The van der Waals surface area contributed by atoms with Gasteiger partial charge in [-0.15, -0.1) is 0 Å². The van der Waals surface area contributed by atoms with Gasteiger partial charge in [0, 0.05) is 55.6 Å². The second-order valence-corrected chi connectivity index (χ2v) is 13.4. The molecule has 0 radical (unpaired) electrons. The Kier molecular flexibility index (Phi) is 21.2. The standard InChI is InChI=1S/C6H13N.C5H11NO.2C5H9NO.C5H8O2.C5H8OS/c1-7-5-3-2-4-6-7;1-6-2-4-7-5-3-6;1-4-2-6-3-5(4)7;1-4-2-3-6-5(4)7;1-4-2-7-3-5(4)6;1-4-2-5(6)3-7-4/h2-6H2,1H3;2-5H2,1H3;4,6H,2-3H2,1H3;4H,2-3H2,1H3,(H,6,7);2*4H,2-3H2,1H3. The molecule has 11 heteroatoms. The molecule has 10 nitrogen and oxygen atoms in total. The van der Waals surface area contributed by atoms with Crippen LogP contribution in [0.1, 0.15) is 59.8 Å². The number of carbonyl (C=O) groups is 4. The maximum absolute atomic E-state index is 10.5. The first-order chi connectivity index (χ1) is 20.0. The normalized spacial score (nSPS) is 29.3. The third-order valence-corrected chi connectivity index (χ3v) is 8.87. The molecule has 4 atom stereocenters. The minimum atomic E-state index is 0.153. The van der Waals surface area contributed by atoms with Gasteiger partial charge in [0.05, 0.1) is 32.1 Å². The number of likely N-dealkylation sites (tertiary alicyclic amines) is 1. The van der Waals surface area contributed by atoms with E-state index in [2.05, 4.69) is 41.5 Å². The van der Waals surface area contributed by atoms with Crippen LogP contribution in [0.3, 0.4) is 0 Å². The monoisotopic (exact) mass is 614 g/mol. The molecule has 0 aromatic rings. The number of nitrogens with zero attached hydrogens (tertiary/aromatic N) is 2. The van der Waals surface area contributed by atoms with Gasteiger partial charge in [0.1, 0.15) is 12.4 Å². The largest absolute Gasteiger partial charge is 0.379 e. The molecule has 0 aromatic carbocycles. The molecule has 0 spiro atoms. The summed E-state index contributed by atoms with van der Waals surface area (Å²) in [5, 5.41) is 6.29. The Morgan fingerprint density at radius 3 is 1.62 bits per heavy atom. The van der Waals surface area contributed by atoms with E-state index in [1.165, 1.54) is 32.4 Å². The average Bonchev–Trinajstić information content (AvgIpc) is 3.75. The smallest absolute Gasteiger partial charge is 0.222 e. The van der Waals surface area contributed by atoms with Gasteiger partial charge in [0.15, 0.2) is 11.6 Å². The molecule has 6 saturated heterocycles. The van der Waals surface area contributed by atoms with Gasteiger partial charge < -0.3 is 29.9 Å². The van der Waals surface area contributed by atoms with E-state index in [0.717, 1.165) is 58.0 Å². The molecule has 244 valence electrons. The lowest BCUT2D eigenvalue weighted by molar-refractivity contribution is -0.122. The minimum absolute atomic E-state index is 0.153. The van der Waals surface area contributed by atoms with E-state index in [4.69, 9.17) is 9.47 Å². The first kappa shape index (κ1) is 38.7. The molecular weight excluding hydrogens is 556 g/mol. The number of piperidine rings is 1. The fraction of sp³-hybridized carbons (Fsp3) is 0.871. The first-order valence-electron chi connectivity index (χ1n) is 15.7. The van der Waals surface area contributed by atoms with Crippen LogP contribution in [0.15, 0.2) is 0 Å². The lowest BCUT2D eigenvalue weighted by Crippen LogP contribution is -2.32. The van der Waals surface area contributed by atoms with Gasteiger partial charge in [0.2, 0.25) is 5.91 Å². The zero-order valence-electron chi connectivity index (χ0n) is 27.1. The number of ketones is 3. The molecule has 4 unspecified atom stereocenters. The molecule has 2 N–H and O–H groups in total. The number of nitrogens with one attached hydrogen (secondary N) is 2. The number of amides is 1. The van der Waals surface area contributed by atoms with Crippen molar-refractivity contribution in [2.45, 2.75) is 65.0 Å². The van der Waals surface area contributed by atoms with Gasteiger partial charge in [-0.1, -0.05) is 34.1 Å². The van der Waals surface area contributed by atoms with Crippen LogP contribution in [-0.2, 0) is 28.7 Å². The van der Waals surface area contributed by atoms with E-state index in [1.54, 1.807) is 11.8 Å². The maximum Gasteiger partial charge on any atom is 0.222 e. The molecule has 0 bridgehead atoms. The van der Waals surface area contributed by atoms with E-state index in [9.17, 15) is 19.2 Å². The fourth-order valence-electron chi connectivity index (χ4n) is 4.37. The van der Waals surface area contributed by atoms with Crippen LogP contribution in [0.2, 0.25) is 0 Å². The molecule has 42 heavy (non-hydrogen) atoms. The number of rotatable bonds is 0. The Morgan fingerprint density at radius 2 is 1.43 bits per heavy atom. The average molecular weight is 615 g/mol. The Morgan fingerprint density at radius 1 is 0.786 bits per heavy atom. The number of likely N-dealkylation sites (N-methyl/N-ethyl adjacent to an activating group) is 1. The number of thioether (sulfide) groups is 1. The van der Waals surface area contributed by atoms with Gasteiger partial charge in [-0.3, -0.25) is 19.2 Å². The van der Waals surface area contributed by atoms with Gasteiger partial charge in [-0.05, 0) is 46.4 Å². The van der Waals surface area contributed by atoms with Gasteiger partial charge >= 0.3 is 0 Å². The summed E-state index contributed by atoms with van der Waals surface area (Å²) in [6.07, 6.45) is 6.08. The van der Waals surface area contributed by atoms with Gasteiger partial charge in [-0.25, -0.2) is 0 Å². The van der Waals surface area contributed by atoms with E-state index >= 15 is 0 Å². The van der Waals surface area contributed by atoms with Crippen molar-refractivity contribution in [1.29, 1.82) is 0 Å². The molecule has 6 aliphatic heterocycles. The highest BCUT2D eigenvalue weighted by Gasteiger charge is 2.20. The molecule has 6 rings (SSSR count). The second-order valence-electron chi connectivity index (χ2n) is 12.0. The minimum Gasteiger partial charge on any atom is -0.379 e. The summed E-state index contributed by atoms with van der Waals surface area (Å²) in [6.45, 7) is 17.8. The Hall–Kier alpha value is -1.37. The van der Waals surface area contributed by atoms with Crippen molar-refractivity contribution in [3.05, 3.63) is 0 Å². The highest BCUT2D eigenvalue weighted by Crippen LogP contribution is 2.22. The van der Waals surface area contributed by atoms with Crippen LogP contribution >= 0.6 is 11.8 Å². The summed E-state index contributed by atoms with van der Waals surface area (Å²) in [6, 6.07) is 0. The van der Waals surface area contributed by atoms with E-state index in [0.29, 0.717) is 36.6 Å². The van der Waals surface area contributed by atoms with Crippen LogP contribution in [-0.4, -0.2) is 130 Å². The van der Waals surface area contributed by atoms with Crippen LogP contribution in [0.4, 0.5) is 0 Å². The first-order valence-corrected chi connectivity index (χ1v) is 16.7. The number of morpholine rings is 1. The van der Waals surface area contributed by atoms with E-state index in [-0.39, 0.29) is 29.4 Å². The third kappa shape index (κ3) is 19.0. The number of Topliss-reactive ketones (excluding diaryl/α,β-unsaturated/α-hetero) is 3. The summed E-state index contributed by atoms with van der Waals surface area (Å²) in [5.41, 5.74) is 0. The van der Waals surface area contributed by atoms with Crippen LogP contribution < -0.4 is 10.6 Å². The Labute approximate surface area is 258 Å². The predicted molar refractivity (Wildman–Crippen MR) is 170 cm³/mol. The van der Waals surface area contributed by atoms with Crippen molar-refractivity contribution in [2.24, 2.45) is 17.8 Å². The molecule has 6 heterocycles. The number of carbonyl (C=O) groups excluding carboxylic acids is 4. The van der Waals surface area contributed by atoms with Crippen molar-refractivity contribution >= 4 is 35.0 Å². The highest BCUT2D eigenvalue weighted by atomic mass is 32.2. The van der Waals surface area contributed by atoms with E-state index < -0.39 is 0 Å². The molecular formula is C31H58N4O6S. The summed E-state index contributed by atoms with van der Waals surface area (Å²) in [5.74, 6) is 2.64. The lowest BCUT2D eigenvalue weighted by Gasteiger charge is -2.21. The van der Waals surface area contributed by atoms with Gasteiger partial charge in [0.25, 0.3) is 0 Å². The van der Waals surface area contributed by atoms with Gasteiger partial charge in [-0.2, -0.15) is 11.8 Å². The quantitative estimate of drug-likeness (QED) is 0.421. The fourth-order valence-corrected chi connectivity index (χ4v) is 5.26. The van der Waals surface area contributed by atoms with E-state index in [1.807, 2.05) is 20.8 Å². The summed E-state index contributed by atoms with van der Waals surface area (Å²) in [4.78, 5) is 46.5. The molecule has 0 aromatic heterocycles. The third-order valence-electron chi connectivity index (χ3n) is 7.64. The van der Waals surface area contributed by atoms with Crippen molar-refractivity contribution in [1.82, 2.24) is 20.4 Å². The summed E-state index contributed by atoms with van der Waals surface area (Å²) >= 11 is 1.76. The van der Waals surface area contributed by atoms with Crippen LogP contribution in [0.5, 0.6) is 0 Å². The van der Waals surface area contributed by atoms with Crippen LogP contribution in [0.25, 0.3) is 0 Å². The number of hydrogen-bond acceptors (Lipinski definition) is 10. The van der Waals surface area contributed by atoms with Crippen molar-refractivity contribution in [3.8, 4) is 0 Å². The van der Waals surface area contributed by atoms with Crippen molar-refractivity contribution in [3.63, 3.8) is 0 Å². The van der Waals surface area contributed by atoms with Crippen LogP contribution in [0, 0.1) is 17.8 Å². The predicted octanol–water partition coefficient (Wildman–Crippen LogP) is 2.29. The van der Waals surface area contributed by atoms with Crippen molar-refractivity contribution < 1.29 is 28.7 Å². The molecule has 1 amide bonds. The highest BCUT2D eigenvalue weighted by molar-refractivity contribution is 8.01. The summed E-state index contributed by atoms with van der Waals surface area (Å²) < 4.78 is 9.92. The molecule has 6 aliphatic rings. The molecule has 0 aliphatic carbocycles. The topological polar surface area (TPSA) is 117 Å². The second kappa shape index (κ2) is 23.1. The zero-order chi connectivity index (χ0) is 31.3. The number of ether oxygens (including phenoxy) is 2. The zero-order valence-corrected chi connectivity index (χ0v) is 27.9. The maximum atomic E-state index is 10.5. The summed E-state index contributed by atoms with van der Waals surface area (Å²) in [7, 11) is 4.31. The Balaban J connectivity index is 0.000000252. The van der Waals surface area contributed by atoms with Crippen molar-refractivity contribution in [2.75, 3.05) is 92.1 Å². The SMILES string of the molecule is CC1CC(=O)CS1.CC1CCNC1=O.CC1CNCC1=O.CC1COCC1=O.CN1CCCCC1.CN1CCOCC1.